The number of rotatable bonds is 7. The zero-order valence-electron chi connectivity index (χ0n) is 32.2. The number of hydrogen-bond donors (Lipinski definition) is 0. The SMILES string of the molecule is CC1(C)C2=C(CCCC2)c2ccc(N(c3ccc(-c4ccccc4)cc3)c3ccc(-c4ccc(-c5cccc6ccccc56)cc4)c(-c4ccccc4)c3)cc21. The van der Waals surface area contributed by atoms with E-state index in [9.17, 15) is 0 Å². The standard InChI is InChI=1S/C55H45N/c1-55(2)53-23-12-11-21-50(53)51-35-33-46(37-54(51)55)56(44-30-28-39(29-31-44)38-14-5-3-6-15-38)45-32-34-49(52(36-45)41-16-7-4-8-17-41)43-26-24-42(25-27-43)48-22-13-19-40-18-9-10-20-47(40)48/h3-10,13-20,22,24-37H,11-12,21,23H2,1-2H3. The van der Waals surface area contributed by atoms with Crippen molar-refractivity contribution in [2.45, 2.75) is 44.9 Å². The zero-order valence-corrected chi connectivity index (χ0v) is 32.2. The average molecular weight is 720 g/mol. The molecule has 0 N–H and O–H groups in total. The molecule has 0 aromatic heterocycles. The largest absolute Gasteiger partial charge is 0.310 e. The number of hydrogen-bond acceptors (Lipinski definition) is 1. The van der Waals surface area contributed by atoms with Gasteiger partial charge in [-0.2, -0.15) is 0 Å². The van der Waals surface area contributed by atoms with E-state index < -0.39 is 0 Å². The molecule has 0 spiro atoms. The van der Waals surface area contributed by atoms with Gasteiger partial charge in [0.25, 0.3) is 0 Å². The summed E-state index contributed by atoms with van der Waals surface area (Å²) >= 11 is 0. The topological polar surface area (TPSA) is 3.24 Å². The number of allylic oxidation sites excluding steroid dienone is 2. The van der Waals surface area contributed by atoms with Gasteiger partial charge < -0.3 is 4.90 Å². The van der Waals surface area contributed by atoms with E-state index in [0.717, 1.165) is 11.4 Å². The molecule has 270 valence electrons. The van der Waals surface area contributed by atoms with Crippen molar-refractivity contribution in [3.8, 4) is 44.5 Å². The van der Waals surface area contributed by atoms with E-state index in [-0.39, 0.29) is 5.41 Å². The fraction of sp³-hybridized carbons (Fsp3) is 0.127. The molecule has 0 saturated heterocycles. The monoisotopic (exact) mass is 719 g/mol. The van der Waals surface area contributed by atoms with Gasteiger partial charge >= 0.3 is 0 Å². The van der Waals surface area contributed by atoms with Gasteiger partial charge in [-0.1, -0.05) is 171 Å². The Morgan fingerprint density at radius 3 is 1.68 bits per heavy atom. The van der Waals surface area contributed by atoms with Gasteiger partial charge in [0.1, 0.15) is 0 Å². The van der Waals surface area contributed by atoms with Crippen molar-refractivity contribution in [3.05, 3.63) is 205 Å². The molecular formula is C55H45N. The van der Waals surface area contributed by atoms with E-state index in [1.54, 1.807) is 11.1 Å². The smallest absolute Gasteiger partial charge is 0.0468 e. The molecule has 0 atom stereocenters. The summed E-state index contributed by atoms with van der Waals surface area (Å²) in [6, 6.07) is 69.3. The van der Waals surface area contributed by atoms with E-state index in [0.29, 0.717) is 0 Å². The third-order valence-electron chi connectivity index (χ3n) is 12.4. The fourth-order valence-corrected chi connectivity index (χ4v) is 9.47. The predicted octanol–water partition coefficient (Wildman–Crippen LogP) is 15.6. The van der Waals surface area contributed by atoms with E-state index in [1.807, 2.05) is 0 Å². The van der Waals surface area contributed by atoms with Crippen molar-refractivity contribution in [3.63, 3.8) is 0 Å². The van der Waals surface area contributed by atoms with Crippen LogP contribution in [0.4, 0.5) is 17.1 Å². The van der Waals surface area contributed by atoms with Gasteiger partial charge in [-0.3, -0.25) is 0 Å². The number of nitrogens with zero attached hydrogens (tertiary/aromatic N) is 1. The van der Waals surface area contributed by atoms with Crippen LogP contribution >= 0.6 is 0 Å². The van der Waals surface area contributed by atoms with E-state index in [1.165, 1.54) is 97.8 Å². The minimum absolute atomic E-state index is 0.0290. The molecule has 1 heteroatoms. The van der Waals surface area contributed by atoms with Gasteiger partial charge in [0.2, 0.25) is 0 Å². The highest BCUT2D eigenvalue weighted by Crippen LogP contribution is 2.53. The lowest BCUT2D eigenvalue weighted by Crippen LogP contribution is -2.19. The molecule has 0 unspecified atom stereocenters. The molecule has 56 heavy (non-hydrogen) atoms. The lowest BCUT2D eigenvalue weighted by Gasteiger charge is -2.30. The first-order chi connectivity index (χ1) is 27.5. The highest BCUT2D eigenvalue weighted by molar-refractivity contribution is 5.97. The summed E-state index contributed by atoms with van der Waals surface area (Å²) in [5, 5.41) is 2.54. The van der Waals surface area contributed by atoms with Gasteiger partial charge in [0.15, 0.2) is 0 Å². The molecule has 2 aliphatic rings. The fourth-order valence-electron chi connectivity index (χ4n) is 9.47. The summed E-state index contributed by atoms with van der Waals surface area (Å²) in [5.41, 5.74) is 19.4. The van der Waals surface area contributed by atoms with Gasteiger partial charge in [-0.05, 0) is 134 Å². The van der Waals surface area contributed by atoms with Crippen molar-refractivity contribution >= 4 is 33.4 Å². The summed E-state index contributed by atoms with van der Waals surface area (Å²) in [4.78, 5) is 2.46. The van der Waals surface area contributed by atoms with Crippen LogP contribution in [0.2, 0.25) is 0 Å². The highest BCUT2D eigenvalue weighted by atomic mass is 15.1. The van der Waals surface area contributed by atoms with E-state index in [4.69, 9.17) is 0 Å². The Balaban J connectivity index is 1.10. The summed E-state index contributed by atoms with van der Waals surface area (Å²) in [6.45, 7) is 4.88. The van der Waals surface area contributed by atoms with Gasteiger partial charge in [-0.15, -0.1) is 0 Å². The lowest BCUT2D eigenvalue weighted by atomic mass is 9.77. The second-order valence-corrected chi connectivity index (χ2v) is 16.0. The molecule has 2 aliphatic carbocycles. The van der Waals surface area contributed by atoms with Crippen LogP contribution in [-0.2, 0) is 5.41 Å². The molecule has 0 amide bonds. The summed E-state index contributed by atoms with van der Waals surface area (Å²) in [7, 11) is 0. The normalized spacial score (nSPS) is 14.4. The van der Waals surface area contributed by atoms with E-state index >= 15 is 0 Å². The maximum atomic E-state index is 2.49. The zero-order chi connectivity index (χ0) is 37.6. The molecule has 0 heterocycles. The minimum atomic E-state index is 0.0290. The lowest BCUT2D eigenvalue weighted by molar-refractivity contribution is 0.574. The number of anilines is 3. The summed E-state index contributed by atoms with van der Waals surface area (Å²) in [6.07, 6.45) is 4.99. The molecule has 8 aromatic rings. The summed E-state index contributed by atoms with van der Waals surface area (Å²) in [5.74, 6) is 0. The van der Waals surface area contributed by atoms with Crippen molar-refractivity contribution in [2.75, 3.05) is 4.90 Å². The highest BCUT2D eigenvalue weighted by Gasteiger charge is 2.38. The molecule has 10 rings (SSSR count). The summed E-state index contributed by atoms with van der Waals surface area (Å²) < 4.78 is 0. The first kappa shape index (κ1) is 34.1. The Bertz CT molecular complexity index is 2730. The Hall–Kier alpha value is -6.44. The van der Waals surface area contributed by atoms with Crippen molar-refractivity contribution in [1.82, 2.24) is 0 Å². The molecule has 0 aliphatic heterocycles. The number of fused-ring (bicyclic) bond motifs is 3. The van der Waals surface area contributed by atoms with Crippen LogP contribution in [0.15, 0.2) is 194 Å². The molecular weight excluding hydrogens is 675 g/mol. The van der Waals surface area contributed by atoms with Crippen LogP contribution in [0.5, 0.6) is 0 Å². The Morgan fingerprint density at radius 1 is 0.393 bits per heavy atom. The molecule has 8 aromatic carbocycles. The van der Waals surface area contributed by atoms with Crippen LogP contribution in [0.25, 0.3) is 60.9 Å². The number of benzene rings is 8. The minimum Gasteiger partial charge on any atom is -0.310 e. The third-order valence-corrected chi connectivity index (χ3v) is 12.4. The second-order valence-electron chi connectivity index (χ2n) is 16.0. The van der Waals surface area contributed by atoms with Crippen LogP contribution in [-0.4, -0.2) is 0 Å². The molecule has 0 fully saturated rings. The Kier molecular flexibility index (Phi) is 8.52. The maximum Gasteiger partial charge on any atom is 0.0468 e. The van der Waals surface area contributed by atoms with Crippen LogP contribution in [0.1, 0.15) is 50.7 Å². The first-order valence-corrected chi connectivity index (χ1v) is 20.1. The van der Waals surface area contributed by atoms with Gasteiger partial charge in [0, 0.05) is 22.5 Å². The van der Waals surface area contributed by atoms with Crippen molar-refractivity contribution < 1.29 is 0 Å². The van der Waals surface area contributed by atoms with E-state index in [2.05, 4.69) is 207 Å². The van der Waals surface area contributed by atoms with Gasteiger partial charge in [-0.25, -0.2) is 0 Å². The quantitative estimate of drug-likeness (QED) is 0.159. The first-order valence-electron chi connectivity index (χ1n) is 20.1. The van der Waals surface area contributed by atoms with Gasteiger partial charge in [0.05, 0.1) is 0 Å². The molecule has 0 radical (unpaired) electrons. The Labute approximate surface area is 331 Å². The van der Waals surface area contributed by atoms with Crippen LogP contribution in [0.3, 0.4) is 0 Å². The average Bonchev–Trinajstić information content (AvgIpc) is 3.50. The van der Waals surface area contributed by atoms with Crippen LogP contribution < -0.4 is 4.90 Å². The second kappa shape index (κ2) is 14.0. The van der Waals surface area contributed by atoms with Crippen molar-refractivity contribution in [2.24, 2.45) is 0 Å². The molecule has 0 bridgehead atoms. The third kappa shape index (κ3) is 5.96. The molecule has 1 nitrogen and oxygen atoms in total. The Morgan fingerprint density at radius 2 is 0.929 bits per heavy atom. The predicted molar refractivity (Wildman–Crippen MR) is 239 cm³/mol. The molecule has 0 saturated carbocycles. The maximum absolute atomic E-state index is 2.49. The van der Waals surface area contributed by atoms with Crippen LogP contribution in [0, 0.1) is 0 Å². The van der Waals surface area contributed by atoms with Crippen molar-refractivity contribution in [1.29, 1.82) is 0 Å².